The second-order valence-corrected chi connectivity index (χ2v) is 7.11. The van der Waals surface area contributed by atoms with Gasteiger partial charge in [-0.15, -0.1) is 0 Å². The van der Waals surface area contributed by atoms with Crippen LogP contribution in [0.25, 0.3) is 33.3 Å². The van der Waals surface area contributed by atoms with Crippen molar-refractivity contribution < 1.29 is 0 Å². The summed E-state index contributed by atoms with van der Waals surface area (Å²) in [5.41, 5.74) is 11.9. The van der Waals surface area contributed by atoms with Gasteiger partial charge in [-0.05, 0) is 43.9 Å². The predicted octanol–water partition coefficient (Wildman–Crippen LogP) is 3.85. The number of hydrogen-bond acceptors (Lipinski definition) is 5. The molecule has 0 unspecified atom stereocenters. The maximum absolute atomic E-state index is 5.97. The van der Waals surface area contributed by atoms with Crippen LogP contribution in [0.2, 0.25) is 0 Å². The van der Waals surface area contributed by atoms with Crippen molar-refractivity contribution in [3.63, 3.8) is 0 Å². The van der Waals surface area contributed by atoms with E-state index in [-0.39, 0.29) is 0 Å². The van der Waals surface area contributed by atoms with E-state index < -0.39 is 0 Å². The van der Waals surface area contributed by atoms with Crippen molar-refractivity contribution in [3.8, 4) is 22.4 Å². The van der Waals surface area contributed by atoms with E-state index in [0.29, 0.717) is 0 Å². The van der Waals surface area contributed by atoms with Crippen LogP contribution in [0.3, 0.4) is 0 Å². The summed E-state index contributed by atoms with van der Waals surface area (Å²) >= 11 is 0. The van der Waals surface area contributed by atoms with Crippen molar-refractivity contribution in [3.05, 3.63) is 61.1 Å². The largest absolute Gasteiger partial charge is 0.399 e. The Kier molecular flexibility index (Phi) is 4.95. The van der Waals surface area contributed by atoms with Gasteiger partial charge in [0.2, 0.25) is 0 Å². The third kappa shape index (κ3) is 3.82. The van der Waals surface area contributed by atoms with E-state index in [1.54, 1.807) is 12.4 Å². The molecule has 2 heterocycles. The van der Waals surface area contributed by atoms with Crippen molar-refractivity contribution in [2.24, 2.45) is 0 Å². The third-order valence-electron chi connectivity index (χ3n) is 4.67. The summed E-state index contributed by atoms with van der Waals surface area (Å²) in [6.07, 6.45) is 5.57. The molecule has 0 atom stereocenters. The molecule has 2 aromatic carbocycles. The lowest BCUT2D eigenvalue weighted by atomic mass is 10.0. The molecule has 0 amide bonds. The maximum Gasteiger partial charge on any atom is 0.145 e. The summed E-state index contributed by atoms with van der Waals surface area (Å²) in [4.78, 5) is 14.5. The Hall–Kier alpha value is -3.38. The molecule has 0 aliphatic rings. The van der Waals surface area contributed by atoms with Gasteiger partial charge in [0, 0.05) is 47.0 Å². The number of aromatic amines is 1. The summed E-state index contributed by atoms with van der Waals surface area (Å²) in [7, 11) is 4.10. The molecule has 0 radical (unpaired) electrons. The van der Waals surface area contributed by atoms with Crippen LogP contribution >= 0.6 is 0 Å². The van der Waals surface area contributed by atoms with Crippen LogP contribution in [0, 0.1) is 0 Å². The zero-order valence-electron chi connectivity index (χ0n) is 16.1. The van der Waals surface area contributed by atoms with E-state index in [0.717, 1.165) is 57.9 Å². The molecule has 6 nitrogen and oxygen atoms in total. The minimum absolute atomic E-state index is 0.755. The minimum atomic E-state index is 0.755. The van der Waals surface area contributed by atoms with E-state index in [1.807, 2.05) is 38.5 Å². The maximum atomic E-state index is 5.97. The number of anilines is 2. The van der Waals surface area contributed by atoms with Gasteiger partial charge < -0.3 is 20.9 Å². The normalized spacial score (nSPS) is 11.2. The molecule has 4 N–H and O–H groups in total. The average molecular weight is 372 g/mol. The first-order chi connectivity index (χ1) is 13.6. The van der Waals surface area contributed by atoms with Gasteiger partial charge in [0.1, 0.15) is 5.82 Å². The van der Waals surface area contributed by atoms with E-state index in [4.69, 9.17) is 10.7 Å². The fraction of sp³-hybridized carbons (Fsp3) is 0.182. The molecule has 0 saturated carbocycles. The van der Waals surface area contributed by atoms with E-state index in [2.05, 4.69) is 44.5 Å². The van der Waals surface area contributed by atoms with Gasteiger partial charge in [-0.25, -0.2) is 4.98 Å². The Labute approximate surface area is 164 Å². The number of hydrogen-bond donors (Lipinski definition) is 3. The second kappa shape index (κ2) is 7.70. The van der Waals surface area contributed by atoms with Crippen LogP contribution in [0.5, 0.6) is 0 Å². The molecule has 0 spiro atoms. The molecule has 0 aliphatic carbocycles. The molecule has 142 valence electrons. The lowest BCUT2D eigenvalue weighted by Gasteiger charge is -2.11. The van der Waals surface area contributed by atoms with E-state index >= 15 is 0 Å². The van der Waals surface area contributed by atoms with E-state index in [9.17, 15) is 0 Å². The number of H-pyrrole nitrogens is 1. The Morgan fingerprint density at radius 3 is 2.79 bits per heavy atom. The van der Waals surface area contributed by atoms with Crippen LogP contribution in [-0.2, 0) is 0 Å². The molecule has 0 fully saturated rings. The summed E-state index contributed by atoms with van der Waals surface area (Å²) in [6, 6.07) is 14.2. The van der Waals surface area contributed by atoms with Gasteiger partial charge in [0.25, 0.3) is 0 Å². The number of nitrogens with two attached hydrogens (primary N) is 1. The summed E-state index contributed by atoms with van der Waals surface area (Å²) in [5.74, 6) is 0.782. The Morgan fingerprint density at radius 1 is 1.07 bits per heavy atom. The molecule has 4 aromatic rings. The molecule has 2 aromatic heterocycles. The number of nitrogen functional groups attached to an aromatic ring is 1. The van der Waals surface area contributed by atoms with Crippen molar-refractivity contribution >= 4 is 22.4 Å². The number of likely N-dealkylation sites (N-methyl/N-ethyl adjacent to an activating group) is 1. The first kappa shape index (κ1) is 18.0. The average Bonchev–Trinajstić information content (AvgIpc) is 3.11. The molecule has 28 heavy (non-hydrogen) atoms. The Morgan fingerprint density at radius 2 is 1.96 bits per heavy atom. The van der Waals surface area contributed by atoms with Gasteiger partial charge in [0.15, 0.2) is 0 Å². The molecule has 6 heteroatoms. The summed E-state index contributed by atoms with van der Waals surface area (Å²) < 4.78 is 0. The van der Waals surface area contributed by atoms with Crippen molar-refractivity contribution in [1.29, 1.82) is 0 Å². The SMILES string of the molecule is CN(C)CCNc1cncc(-c2ccc3[nH]cc(-c4cccc(N)c4)c3c2)n1. The lowest BCUT2D eigenvalue weighted by molar-refractivity contribution is 0.425. The number of rotatable bonds is 6. The molecular formula is C22H24N6. The first-order valence-corrected chi connectivity index (χ1v) is 9.28. The van der Waals surface area contributed by atoms with E-state index in [1.165, 1.54) is 0 Å². The number of aromatic nitrogens is 3. The van der Waals surface area contributed by atoms with Crippen LogP contribution < -0.4 is 11.1 Å². The van der Waals surface area contributed by atoms with Crippen LogP contribution in [0.4, 0.5) is 11.5 Å². The Bertz CT molecular complexity index is 1100. The standard InChI is InChI=1S/C22H24N6/c1-28(2)9-8-25-22-14-24-13-21(27-22)16-6-7-20-18(11-16)19(12-26-20)15-4-3-5-17(23)10-15/h3-7,10-14,26H,8-9,23H2,1-2H3,(H,25,27). The minimum Gasteiger partial charge on any atom is -0.399 e. The number of nitrogens with zero attached hydrogens (tertiary/aromatic N) is 3. The number of fused-ring (bicyclic) bond motifs is 1. The van der Waals surface area contributed by atoms with Gasteiger partial charge in [0.05, 0.1) is 18.1 Å². The van der Waals surface area contributed by atoms with Gasteiger partial charge in [-0.2, -0.15) is 0 Å². The summed E-state index contributed by atoms with van der Waals surface area (Å²) in [6.45, 7) is 1.76. The number of nitrogens with one attached hydrogen (secondary N) is 2. The molecule has 0 aliphatic heterocycles. The highest BCUT2D eigenvalue weighted by Crippen LogP contribution is 2.32. The predicted molar refractivity (Wildman–Crippen MR) is 116 cm³/mol. The monoisotopic (exact) mass is 372 g/mol. The van der Waals surface area contributed by atoms with Gasteiger partial charge in [-0.1, -0.05) is 18.2 Å². The van der Waals surface area contributed by atoms with Gasteiger partial charge >= 0.3 is 0 Å². The smallest absolute Gasteiger partial charge is 0.145 e. The molecule has 0 bridgehead atoms. The van der Waals surface area contributed by atoms with Crippen LogP contribution in [-0.4, -0.2) is 47.0 Å². The highest BCUT2D eigenvalue weighted by atomic mass is 15.1. The number of benzene rings is 2. The molecule has 4 rings (SSSR count). The fourth-order valence-corrected chi connectivity index (χ4v) is 3.22. The summed E-state index contributed by atoms with van der Waals surface area (Å²) in [5, 5.41) is 4.46. The second-order valence-electron chi connectivity index (χ2n) is 7.11. The highest BCUT2D eigenvalue weighted by Gasteiger charge is 2.09. The highest BCUT2D eigenvalue weighted by molar-refractivity contribution is 5.98. The zero-order chi connectivity index (χ0) is 19.5. The lowest BCUT2D eigenvalue weighted by Crippen LogP contribution is -2.21. The topological polar surface area (TPSA) is 82.9 Å². The molecule has 0 saturated heterocycles. The van der Waals surface area contributed by atoms with Crippen molar-refractivity contribution in [1.82, 2.24) is 19.9 Å². The quantitative estimate of drug-likeness (QED) is 0.448. The Balaban J connectivity index is 1.67. The molecular weight excluding hydrogens is 348 g/mol. The van der Waals surface area contributed by atoms with Crippen molar-refractivity contribution in [2.75, 3.05) is 38.2 Å². The third-order valence-corrected chi connectivity index (χ3v) is 4.67. The van der Waals surface area contributed by atoms with Crippen LogP contribution in [0.1, 0.15) is 0 Å². The fourth-order valence-electron chi connectivity index (χ4n) is 3.22. The van der Waals surface area contributed by atoms with Gasteiger partial charge in [-0.3, -0.25) is 4.98 Å². The zero-order valence-corrected chi connectivity index (χ0v) is 16.1. The van der Waals surface area contributed by atoms with Crippen molar-refractivity contribution in [2.45, 2.75) is 0 Å². The first-order valence-electron chi connectivity index (χ1n) is 9.28. The van der Waals surface area contributed by atoms with Crippen LogP contribution in [0.15, 0.2) is 61.1 Å².